The average molecular weight is 175 g/mol. The smallest absolute Gasteiger partial charge is 0.409 e. The van der Waals surface area contributed by atoms with Gasteiger partial charge in [0, 0.05) is 0 Å². The predicted octanol–water partition coefficient (Wildman–Crippen LogP) is -1.83. The fourth-order valence-electron chi connectivity index (χ4n) is 1.34. The third kappa shape index (κ3) is 1.04. The van der Waals surface area contributed by atoms with Crippen LogP contribution in [0.2, 0.25) is 0 Å². The molecule has 4 atom stereocenters. The Bertz CT molecular complexity index is 208. The van der Waals surface area contributed by atoms with E-state index in [1.54, 1.807) is 0 Å². The van der Waals surface area contributed by atoms with Gasteiger partial charge in [0.05, 0.1) is 6.61 Å². The normalized spacial score (nSPS) is 46.3. The first-order chi connectivity index (χ1) is 5.68. The number of carbonyl (C=O) groups is 1. The van der Waals surface area contributed by atoms with Crippen molar-refractivity contribution in [2.24, 2.45) is 0 Å². The molecule has 2 aliphatic heterocycles. The lowest BCUT2D eigenvalue weighted by Gasteiger charge is -2.41. The molecule has 2 heterocycles. The highest BCUT2D eigenvalue weighted by atomic mass is 16.6. The van der Waals surface area contributed by atoms with E-state index in [0.29, 0.717) is 0 Å². The van der Waals surface area contributed by atoms with E-state index in [2.05, 4.69) is 10.1 Å². The van der Waals surface area contributed by atoms with Crippen molar-refractivity contribution in [3.63, 3.8) is 0 Å². The van der Waals surface area contributed by atoms with Crippen LogP contribution in [0.25, 0.3) is 0 Å². The summed E-state index contributed by atoms with van der Waals surface area (Å²) in [6, 6.07) is 0. The zero-order valence-corrected chi connectivity index (χ0v) is 6.14. The zero-order valence-electron chi connectivity index (χ0n) is 6.14. The van der Waals surface area contributed by atoms with Crippen LogP contribution in [0, 0.1) is 0 Å². The van der Waals surface area contributed by atoms with Crippen molar-refractivity contribution >= 4 is 6.09 Å². The molecule has 1 amide bonds. The lowest BCUT2D eigenvalue weighted by Crippen LogP contribution is -2.65. The second-order valence-electron chi connectivity index (χ2n) is 2.83. The summed E-state index contributed by atoms with van der Waals surface area (Å²) in [6.07, 6.45) is -4.22. The number of rotatable bonds is 0. The Morgan fingerprint density at radius 1 is 1.50 bits per heavy atom. The van der Waals surface area contributed by atoms with E-state index in [1.807, 2.05) is 0 Å². The van der Waals surface area contributed by atoms with Crippen molar-refractivity contribution in [1.29, 1.82) is 0 Å². The van der Waals surface area contributed by atoms with E-state index in [4.69, 9.17) is 4.74 Å². The molecule has 3 N–H and O–H groups in total. The van der Waals surface area contributed by atoms with Crippen LogP contribution in [0.1, 0.15) is 0 Å². The van der Waals surface area contributed by atoms with Gasteiger partial charge in [-0.3, -0.25) is 5.32 Å². The molecule has 0 saturated carbocycles. The van der Waals surface area contributed by atoms with E-state index >= 15 is 0 Å². The SMILES string of the molecule is O=C1N[C@H]2OC[C@H](O)[C@@H](O1)[C@@H]2O. The fraction of sp³-hybridized carbons (Fsp3) is 0.833. The van der Waals surface area contributed by atoms with Crippen molar-refractivity contribution in [3.8, 4) is 0 Å². The number of alkyl carbamates (subject to hydrolysis) is 1. The summed E-state index contributed by atoms with van der Waals surface area (Å²) in [5, 5.41) is 20.8. The van der Waals surface area contributed by atoms with Crippen LogP contribution in [0.4, 0.5) is 4.79 Å². The van der Waals surface area contributed by atoms with Crippen LogP contribution in [0.5, 0.6) is 0 Å². The van der Waals surface area contributed by atoms with Crippen molar-refractivity contribution in [1.82, 2.24) is 5.32 Å². The molecule has 2 saturated heterocycles. The summed E-state index contributed by atoms with van der Waals surface area (Å²) in [7, 11) is 0. The number of hydrogen-bond acceptors (Lipinski definition) is 5. The van der Waals surface area contributed by atoms with Crippen molar-refractivity contribution < 1.29 is 24.5 Å². The number of aliphatic hydroxyl groups is 2. The molecular weight excluding hydrogens is 166 g/mol. The van der Waals surface area contributed by atoms with Crippen LogP contribution in [-0.2, 0) is 9.47 Å². The van der Waals surface area contributed by atoms with Gasteiger partial charge in [0.1, 0.15) is 12.2 Å². The second kappa shape index (κ2) is 2.58. The van der Waals surface area contributed by atoms with Crippen LogP contribution < -0.4 is 5.32 Å². The standard InChI is InChI=1S/C6H9NO5/c8-2-1-11-5-3(9)4(2)12-6(10)7-5/h2-5,8-9H,1H2,(H,7,10)/t2-,3-,4+,5-/m0/s1. The first kappa shape index (κ1) is 7.78. The molecule has 2 rings (SSSR count). The molecule has 6 heteroatoms. The van der Waals surface area contributed by atoms with E-state index in [1.165, 1.54) is 0 Å². The quantitative estimate of drug-likeness (QED) is 0.403. The van der Waals surface area contributed by atoms with Gasteiger partial charge in [-0.1, -0.05) is 0 Å². The van der Waals surface area contributed by atoms with Gasteiger partial charge in [-0.2, -0.15) is 0 Å². The molecular formula is C6H9NO5. The number of aliphatic hydroxyl groups excluding tert-OH is 2. The zero-order chi connectivity index (χ0) is 8.72. The summed E-state index contributed by atoms with van der Waals surface area (Å²) >= 11 is 0. The molecule has 0 aromatic heterocycles. The molecule has 0 spiro atoms. The Morgan fingerprint density at radius 3 is 3.00 bits per heavy atom. The van der Waals surface area contributed by atoms with Crippen LogP contribution >= 0.6 is 0 Å². The number of fused-ring (bicyclic) bond motifs is 2. The molecule has 0 radical (unpaired) electrons. The monoisotopic (exact) mass is 175 g/mol. The first-order valence-corrected chi connectivity index (χ1v) is 3.63. The summed E-state index contributed by atoms with van der Waals surface area (Å²) in [4.78, 5) is 10.7. The highest BCUT2D eigenvalue weighted by molar-refractivity contribution is 5.68. The molecule has 0 aromatic carbocycles. The maximum Gasteiger partial charge on any atom is 0.409 e. The third-order valence-electron chi connectivity index (χ3n) is 1.98. The minimum Gasteiger partial charge on any atom is -0.440 e. The Morgan fingerprint density at radius 2 is 2.25 bits per heavy atom. The molecule has 0 aliphatic carbocycles. The van der Waals surface area contributed by atoms with E-state index in [-0.39, 0.29) is 6.61 Å². The third-order valence-corrected chi connectivity index (χ3v) is 1.98. The molecule has 0 aromatic rings. The maximum absolute atomic E-state index is 10.7. The largest absolute Gasteiger partial charge is 0.440 e. The van der Waals surface area contributed by atoms with Gasteiger partial charge in [0.2, 0.25) is 0 Å². The van der Waals surface area contributed by atoms with Crippen LogP contribution in [0.3, 0.4) is 0 Å². The van der Waals surface area contributed by atoms with Gasteiger partial charge >= 0.3 is 6.09 Å². The highest BCUT2D eigenvalue weighted by Crippen LogP contribution is 2.20. The second-order valence-corrected chi connectivity index (χ2v) is 2.83. The minimum atomic E-state index is -0.994. The van der Waals surface area contributed by atoms with E-state index in [0.717, 1.165) is 0 Å². The minimum absolute atomic E-state index is 0.0622. The molecule has 2 fully saturated rings. The molecule has 68 valence electrons. The summed E-state index contributed by atoms with van der Waals surface area (Å²) in [6.45, 7) is 0.0622. The lowest BCUT2D eigenvalue weighted by molar-refractivity contribution is -0.212. The Labute approximate surface area is 68.1 Å². The average Bonchev–Trinajstić information content (AvgIpc) is 2.01. The Hall–Kier alpha value is -0.850. The Kier molecular flexibility index (Phi) is 1.67. The number of hydrogen-bond donors (Lipinski definition) is 3. The summed E-state index contributed by atoms with van der Waals surface area (Å²) in [5.41, 5.74) is 0. The molecule has 0 unspecified atom stereocenters. The van der Waals surface area contributed by atoms with Gasteiger partial charge in [-0.25, -0.2) is 4.79 Å². The first-order valence-electron chi connectivity index (χ1n) is 3.63. The lowest BCUT2D eigenvalue weighted by atomic mass is 10.0. The maximum atomic E-state index is 10.7. The topological polar surface area (TPSA) is 88.0 Å². The van der Waals surface area contributed by atoms with Crippen molar-refractivity contribution in [3.05, 3.63) is 0 Å². The fourth-order valence-corrected chi connectivity index (χ4v) is 1.34. The van der Waals surface area contributed by atoms with E-state index < -0.39 is 30.6 Å². The summed E-state index contributed by atoms with van der Waals surface area (Å²) < 4.78 is 9.58. The van der Waals surface area contributed by atoms with Crippen molar-refractivity contribution in [2.75, 3.05) is 6.61 Å². The van der Waals surface area contributed by atoms with Crippen LogP contribution in [-0.4, -0.2) is 47.5 Å². The number of amides is 1. The van der Waals surface area contributed by atoms with Gasteiger partial charge < -0.3 is 19.7 Å². The van der Waals surface area contributed by atoms with Gasteiger partial charge in [-0.15, -0.1) is 0 Å². The van der Waals surface area contributed by atoms with Gasteiger partial charge in [0.25, 0.3) is 0 Å². The van der Waals surface area contributed by atoms with E-state index in [9.17, 15) is 15.0 Å². The molecule has 6 nitrogen and oxygen atoms in total. The van der Waals surface area contributed by atoms with Crippen molar-refractivity contribution in [2.45, 2.75) is 24.5 Å². The molecule has 2 bridgehead atoms. The highest BCUT2D eigenvalue weighted by Gasteiger charge is 2.45. The number of nitrogens with one attached hydrogen (secondary N) is 1. The van der Waals surface area contributed by atoms with Gasteiger partial charge in [0.15, 0.2) is 12.3 Å². The Balaban J connectivity index is 2.16. The molecule has 12 heavy (non-hydrogen) atoms. The predicted molar refractivity (Wildman–Crippen MR) is 35.2 cm³/mol. The number of ether oxygens (including phenoxy) is 2. The molecule has 2 aliphatic rings. The van der Waals surface area contributed by atoms with Gasteiger partial charge in [-0.05, 0) is 0 Å². The number of carbonyl (C=O) groups excluding carboxylic acids is 1. The summed E-state index contributed by atoms with van der Waals surface area (Å²) in [5.74, 6) is 0. The van der Waals surface area contributed by atoms with Crippen LogP contribution in [0.15, 0.2) is 0 Å².